The van der Waals surface area contributed by atoms with Crippen molar-refractivity contribution in [3.63, 3.8) is 0 Å². The quantitative estimate of drug-likeness (QED) is 0.716. The minimum Gasteiger partial charge on any atom is -0.381 e. The second-order valence-electron chi connectivity index (χ2n) is 5.22. The summed E-state index contributed by atoms with van der Waals surface area (Å²) in [6.07, 6.45) is 2.58. The van der Waals surface area contributed by atoms with Crippen molar-refractivity contribution < 1.29 is 4.74 Å². The van der Waals surface area contributed by atoms with E-state index in [9.17, 15) is 0 Å². The van der Waals surface area contributed by atoms with Gasteiger partial charge in [-0.1, -0.05) is 13.8 Å². The number of hydrogen-bond donors (Lipinski definition) is 1. The van der Waals surface area contributed by atoms with Gasteiger partial charge in [-0.05, 0) is 44.8 Å². The highest BCUT2D eigenvalue weighted by molar-refractivity contribution is 4.69. The minimum absolute atomic E-state index is 0.731. The van der Waals surface area contributed by atoms with Gasteiger partial charge in [0.15, 0.2) is 0 Å². The van der Waals surface area contributed by atoms with Gasteiger partial charge in [-0.25, -0.2) is 0 Å². The fourth-order valence-electron chi connectivity index (χ4n) is 2.45. The highest BCUT2D eigenvalue weighted by atomic mass is 16.5. The molecule has 1 saturated heterocycles. The van der Waals surface area contributed by atoms with Crippen LogP contribution >= 0.6 is 0 Å². The third-order valence-electron chi connectivity index (χ3n) is 3.19. The Bertz CT molecular complexity index is 169. The van der Waals surface area contributed by atoms with Crippen LogP contribution in [-0.2, 0) is 4.74 Å². The highest BCUT2D eigenvalue weighted by Gasteiger charge is 2.16. The van der Waals surface area contributed by atoms with Crippen LogP contribution in [-0.4, -0.2) is 51.3 Å². The van der Waals surface area contributed by atoms with Gasteiger partial charge in [-0.2, -0.15) is 0 Å². The fraction of sp³-hybridized carbons (Fsp3) is 1.00. The van der Waals surface area contributed by atoms with Crippen LogP contribution in [0.3, 0.4) is 0 Å². The molecule has 3 heteroatoms. The summed E-state index contributed by atoms with van der Waals surface area (Å²) >= 11 is 0. The summed E-state index contributed by atoms with van der Waals surface area (Å²) in [5, 5.41) is 3.41. The van der Waals surface area contributed by atoms with Gasteiger partial charge < -0.3 is 15.0 Å². The zero-order valence-electron chi connectivity index (χ0n) is 11.2. The maximum absolute atomic E-state index is 5.51. The van der Waals surface area contributed by atoms with Gasteiger partial charge in [0.25, 0.3) is 0 Å². The molecule has 0 spiro atoms. The Morgan fingerprint density at radius 2 is 2.31 bits per heavy atom. The minimum atomic E-state index is 0.731. The van der Waals surface area contributed by atoms with E-state index in [4.69, 9.17) is 4.74 Å². The summed E-state index contributed by atoms with van der Waals surface area (Å²) in [4.78, 5) is 2.46. The summed E-state index contributed by atoms with van der Waals surface area (Å²) < 4.78 is 5.51. The van der Waals surface area contributed by atoms with Crippen LogP contribution in [0.1, 0.15) is 26.7 Å². The van der Waals surface area contributed by atoms with Crippen molar-refractivity contribution in [1.82, 2.24) is 10.2 Å². The lowest BCUT2D eigenvalue weighted by molar-refractivity contribution is 0.0405. The molecule has 1 heterocycles. The number of ether oxygens (including phenoxy) is 1. The highest BCUT2D eigenvalue weighted by Crippen LogP contribution is 2.14. The summed E-state index contributed by atoms with van der Waals surface area (Å²) in [7, 11) is 2.23. The molecule has 16 heavy (non-hydrogen) atoms. The van der Waals surface area contributed by atoms with E-state index < -0.39 is 0 Å². The van der Waals surface area contributed by atoms with E-state index in [1.54, 1.807) is 0 Å². The monoisotopic (exact) mass is 228 g/mol. The number of hydrogen-bond acceptors (Lipinski definition) is 3. The molecule has 0 aromatic rings. The van der Waals surface area contributed by atoms with Crippen molar-refractivity contribution in [3.05, 3.63) is 0 Å². The Morgan fingerprint density at radius 1 is 1.50 bits per heavy atom. The molecule has 0 aromatic heterocycles. The molecule has 1 rings (SSSR count). The van der Waals surface area contributed by atoms with Gasteiger partial charge in [0.1, 0.15) is 0 Å². The second-order valence-corrected chi connectivity index (χ2v) is 5.22. The Labute approximate surface area is 101 Å². The van der Waals surface area contributed by atoms with E-state index in [0.717, 1.165) is 38.1 Å². The van der Waals surface area contributed by atoms with E-state index in [1.807, 2.05) is 0 Å². The molecule has 2 atom stereocenters. The SMILES string of the molecule is CCNCC(C)CN(C)CC1CCCOC1. The van der Waals surface area contributed by atoms with Crippen molar-refractivity contribution >= 4 is 0 Å². The molecule has 96 valence electrons. The largest absolute Gasteiger partial charge is 0.381 e. The van der Waals surface area contributed by atoms with E-state index in [0.29, 0.717) is 0 Å². The molecule has 0 aromatic carbocycles. The second kappa shape index (κ2) is 8.04. The molecule has 2 unspecified atom stereocenters. The molecule has 3 nitrogen and oxygen atoms in total. The Hall–Kier alpha value is -0.120. The van der Waals surface area contributed by atoms with Crippen LogP contribution in [0.2, 0.25) is 0 Å². The number of rotatable bonds is 7. The third-order valence-corrected chi connectivity index (χ3v) is 3.19. The summed E-state index contributed by atoms with van der Waals surface area (Å²) in [5.41, 5.74) is 0. The lowest BCUT2D eigenvalue weighted by Gasteiger charge is -2.28. The standard InChI is InChI=1S/C13H28N2O/c1-4-14-8-12(2)9-15(3)10-13-6-5-7-16-11-13/h12-14H,4-11H2,1-3H3. The normalized spacial score (nSPS) is 23.6. The van der Waals surface area contributed by atoms with Gasteiger partial charge in [-0.3, -0.25) is 0 Å². The average Bonchev–Trinajstić information content (AvgIpc) is 2.27. The van der Waals surface area contributed by atoms with Crippen molar-refractivity contribution in [3.8, 4) is 0 Å². The first-order valence-corrected chi connectivity index (χ1v) is 6.69. The van der Waals surface area contributed by atoms with Crippen LogP contribution < -0.4 is 5.32 Å². The van der Waals surface area contributed by atoms with Gasteiger partial charge in [0.2, 0.25) is 0 Å². The van der Waals surface area contributed by atoms with E-state index in [2.05, 4.69) is 31.1 Å². The van der Waals surface area contributed by atoms with Gasteiger partial charge in [0, 0.05) is 19.7 Å². The Morgan fingerprint density at radius 3 is 2.94 bits per heavy atom. The zero-order valence-corrected chi connectivity index (χ0v) is 11.2. The Kier molecular flexibility index (Phi) is 7.01. The van der Waals surface area contributed by atoms with Crippen LogP contribution in [0, 0.1) is 11.8 Å². The van der Waals surface area contributed by atoms with E-state index in [1.165, 1.54) is 25.9 Å². The summed E-state index contributed by atoms with van der Waals surface area (Å²) in [6, 6.07) is 0. The topological polar surface area (TPSA) is 24.5 Å². The molecule has 0 saturated carbocycles. The molecule has 0 aliphatic carbocycles. The first-order valence-electron chi connectivity index (χ1n) is 6.69. The van der Waals surface area contributed by atoms with Crippen molar-refractivity contribution in [2.45, 2.75) is 26.7 Å². The van der Waals surface area contributed by atoms with E-state index >= 15 is 0 Å². The molecule has 0 radical (unpaired) electrons. The van der Waals surface area contributed by atoms with Gasteiger partial charge in [-0.15, -0.1) is 0 Å². The van der Waals surface area contributed by atoms with Crippen molar-refractivity contribution in [1.29, 1.82) is 0 Å². The van der Waals surface area contributed by atoms with Crippen LogP contribution in [0.4, 0.5) is 0 Å². The predicted octanol–water partition coefficient (Wildman–Crippen LogP) is 1.59. The number of nitrogens with zero attached hydrogens (tertiary/aromatic N) is 1. The van der Waals surface area contributed by atoms with Crippen molar-refractivity contribution in [2.75, 3.05) is 46.4 Å². The molecular weight excluding hydrogens is 200 g/mol. The molecule has 1 N–H and O–H groups in total. The molecule has 1 aliphatic heterocycles. The lowest BCUT2D eigenvalue weighted by atomic mass is 10.0. The molecule has 0 amide bonds. The van der Waals surface area contributed by atoms with Crippen LogP contribution in [0.15, 0.2) is 0 Å². The molecule has 1 aliphatic rings. The van der Waals surface area contributed by atoms with Crippen LogP contribution in [0.5, 0.6) is 0 Å². The predicted molar refractivity (Wildman–Crippen MR) is 68.7 cm³/mol. The molecule has 0 bridgehead atoms. The lowest BCUT2D eigenvalue weighted by Crippen LogP contribution is -2.36. The maximum atomic E-state index is 5.51. The first-order chi connectivity index (χ1) is 7.72. The fourth-order valence-corrected chi connectivity index (χ4v) is 2.45. The molecular formula is C13H28N2O. The average molecular weight is 228 g/mol. The van der Waals surface area contributed by atoms with Gasteiger partial charge >= 0.3 is 0 Å². The Balaban J connectivity index is 2.11. The smallest absolute Gasteiger partial charge is 0.0506 e. The summed E-state index contributed by atoms with van der Waals surface area (Å²) in [5.74, 6) is 1.49. The number of nitrogens with one attached hydrogen (secondary N) is 1. The van der Waals surface area contributed by atoms with Crippen LogP contribution in [0.25, 0.3) is 0 Å². The third kappa shape index (κ3) is 5.83. The molecule has 1 fully saturated rings. The van der Waals surface area contributed by atoms with Gasteiger partial charge in [0.05, 0.1) is 6.61 Å². The summed E-state index contributed by atoms with van der Waals surface area (Å²) in [6.45, 7) is 11.0. The first kappa shape index (κ1) is 13.9. The van der Waals surface area contributed by atoms with E-state index in [-0.39, 0.29) is 0 Å². The van der Waals surface area contributed by atoms with Crippen molar-refractivity contribution in [2.24, 2.45) is 11.8 Å². The zero-order chi connectivity index (χ0) is 11.8. The maximum Gasteiger partial charge on any atom is 0.0506 e.